The lowest BCUT2D eigenvalue weighted by atomic mass is 10.2. The lowest BCUT2D eigenvalue weighted by molar-refractivity contribution is -0.395. The number of benzene rings is 1. The molecule has 0 heterocycles. The maximum absolute atomic E-state index is 11.2. The maximum Gasteiger partial charge on any atom is 0.320 e. The van der Waals surface area contributed by atoms with E-state index in [2.05, 4.69) is 10.1 Å². The third kappa shape index (κ3) is 3.16. The van der Waals surface area contributed by atoms with Crippen LogP contribution in [0.4, 0.5) is 17.1 Å². The molecule has 1 amide bonds. The normalized spacial score (nSPS) is 9.40. The topological polar surface area (TPSA) is 148 Å². The number of nitriles is 1. The molecule has 10 nitrogen and oxygen atoms in total. The first kappa shape index (κ1) is 14.8. The molecule has 0 saturated carbocycles. The van der Waals surface area contributed by atoms with Crippen LogP contribution in [0.3, 0.4) is 0 Å². The number of nitrogens with one attached hydrogen (secondary N) is 1. The zero-order chi connectivity index (χ0) is 15.3. The number of ether oxygens (including phenoxy) is 1. The van der Waals surface area contributed by atoms with E-state index in [4.69, 9.17) is 5.26 Å². The first-order valence-corrected chi connectivity index (χ1v) is 5.08. The molecule has 0 bridgehead atoms. The molecule has 0 saturated heterocycles. The third-order valence-electron chi connectivity index (χ3n) is 2.17. The van der Waals surface area contributed by atoms with Gasteiger partial charge in [-0.15, -0.1) is 0 Å². The van der Waals surface area contributed by atoms with Crippen molar-refractivity contribution in [2.45, 2.75) is 6.42 Å². The maximum atomic E-state index is 11.2. The summed E-state index contributed by atoms with van der Waals surface area (Å²) in [4.78, 5) is 31.2. The number of carbonyl (C=O) groups excluding carboxylic acids is 1. The van der Waals surface area contributed by atoms with Gasteiger partial charge in [0.05, 0.1) is 28.7 Å². The van der Waals surface area contributed by atoms with E-state index in [0.29, 0.717) is 0 Å². The quantitative estimate of drug-likeness (QED) is 0.632. The molecule has 0 aromatic heterocycles. The summed E-state index contributed by atoms with van der Waals surface area (Å²) in [7, 11) is 1.06. The average Bonchev–Trinajstić information content (AvgIpc) is 2.37. The minimum absolute atomic E-state index is 0.163. The van der Waals surface area contributed by atoms with E-state index < -0.39 is 39.3 Å². The molecular formula is C10H8N4O6. The van der Waals surface area contributed by atoms with Gasteiger partial charge in [0.15, 0.2) is 0 Å². The van der Waals surface area contributed by atoms with Gasteiger partial charge in [-0.3, -0.25) is 25.0 Å². The molecule has 1 aromatic rings. The summed E-state index contributed by atoms with van der Waals surface area (Å²) in [5.74, 6) is -1.25. The smallest absolute Gasteiger partial charge is 0.320 e. The second kappa shape index (κ2) is 6.10. The van der Waals surface area contributed by atoms with Crippen LogP contribution in [0.2, 0.25) is 0 Å². The van der Waals surface area contributed by atoms with Gasteiger partial charge in [-0.2, -0.15) is 5.26 Å². The first-order valence-electron chi connectivity index (χ1n) is 5.08. The number of carbonyl (C=O) groups is 1. The van der Waals surface area contributed by atoms with Crippen LogP contribution in [0.1, 0.15) is 6.42 Å². The number of nitrogens with zero attached hydrogens (tertiary/aromatic N) is 3. The van der Waals surface area contributed by atoms with E-state index in [1.54, 1.807) is 6.07 Å². The zero-order valence-electron chi connectivity index (χ0n) is 10.2. The molecule has 0 atom stereocenters. The molecule has 0 unspecified atom stereocenters. The van der Waals surface area contributed by atoms with E-state index in [1.165, 1.54) is 0 Å². The Balaban J connectivity index is 3.35. The fraction of sp³-hybridized carbons (Fsp3) is 0.200. The van der Waals surface area contributed by atoms with Crippen LogP contribution in [-0.4, -0.2) is 22.9 Å². The Morgan fingerprint density at radius 3 is 2.20 bits per heavy atom. The van der Waals surface area contributed by atoms with Gasteiger partial charge >= 0.3 is 11.4 Å². The molecule has 20 heavy (non-hydrogen) atoms. The van der Waals surface area contributed by atoms with Crippen LogP contribution in [0.5, 0.6) is 5.75 Å². The average molecular weight is 280 g/mol. The lowest BCUT2D eigenvalue weighted by Crippen LogP contribution is -2.11. The molecule has 0 fully saturated rings. The largest absolute Gasteiger partial charge is 0.485 e. The van der Waals surface area contributed by atoms with E-state index in [-0.39, 0.29) is 5.69 Å². The summed E-state index contributed by atoms with van der Waals surface area (Å²) >= 11 is 0. The van der Waals surface area contributed by atoms with Gasteiger partial charge in [0, 0.05) is 12.1 Å². The highest BCUT2D eigenvalue weighted by atomic mass is 16.6. The number of nitro benzene ring substituents is 2. The first-order chi connectivity index (χ1) is 9.40. The SMILES string of the molecule is COc1c([N+](=O)[O-])cc(NC(=O)CC#N)cc1[N+](=O)[O-]. The molecule has 0 aliphatic rings. The van der Waals surface area contributed by atoms with Gasteiger partial charge in [-0.05, 0) is 0 Å². The Morgan fingerprint density at radius 2 is 1.85 bits per heavy atom. The van der Waals surface area contributed by atoms with Gasteiger partial charge in [0.1, 0.15) is 6.42 Å². The Hall–Kier alpha value is -3.22. The Kier molecular flexibility index (Phi) is 4.52. The number of rotatable bonds is 5. The lowest BCUT2D eigenvalue weighted by Gasteiger charge is -2.06. The summed E-state index contributed by atoms with van der Waals surface area (Å²) in [5, 5.41) is 32.2. The fourth-order valence-corrected chi connectivity index (χ4v) is 1.43. The highest BCUT2D eigenvalue weighted by molar-refractivity contribution is 5.93. The van der Waals surface area contributed by atoms with Crippen LogP contribution in [-0.2, 0) is 4.79 Å². The minimum Gasteiger partial charge on any atom is -0.485 e. The highest BCUT2D eigenvalue weighted by Gasteiger charge is 2.28. The molecule has 10 heteroatoms. The summed E-state index contributed by atoms with van der Waals surface area (Å²) < 4.78 is 4.66. The Labute approximate surface area is 111 Å². The molecular weight excluding hydrogens is 272 g/mol. The van der Waals surface area contributed by atoms with Crippen LogP contribution < -0.4 is 10.1 Å². The molecule has 1 N–H and O–H groups in total. The van der Waals surface area contributed by atoms with Gasteiger partial charge in [0.2, 0.25) is 5.91 Å². The van der Waals surface area contributed by atoms with Gasteiger partial charge < -0.3 is 10.1 Å². The van der Waals surface area contributed by atoms with E-state index in [0.717, 1.165) is 19.2 Å². The Bertz CT molecular complexity index is 586. The van der Waals surface area contributed by atoms with Crippen molar-refractivity contribution in [1.82, 2.24) is 0 Å². The van der Waals surface area contributed by atoms with Crippen LogP contribution >= 0.6 is 0 Å². The van der Waals surface area contributed by atoms with E-state index in [9.17, 15) is 25.0 Å². The molecule has 0 aliphatic carbocycles. The molecule has 104 valence electrons. The fourth-order valence-electron chi connectivity index (χ4n) is 1.43. The van der Waals surface area contributed by atoms with Crippen molar-refractivity contribution in [2.24, 2.45) is 0 Å². The van der Waals surface area contributed by atoms with Crippen molar-refractivity contribution < 1.29 is 19.4 Å². The van der Waals surface area contributed by atoms with Gasteiger partial charge in [-0.1, -0.05) is 0 Å². The number of methoxy groups -OCH3 is 1. The molecule has 0 aliphatic heterocycles. The predicted molar refractivity (Wildman–Crippen MR) is 65.2 cm³/mol. The second-order valence-electron chi connectivity index (χ2n) is 3.45. The van der Waals surface area contributed by atoms with Crippen molar-refractivity contribution in [2.75, 3.05) is 12.4 Å². The zero-order valence-corrected chi connectivity index (χ0v) is 10.2. The number of hydrogen-bond donors (Lipinski definition) is 1. The number of hydrogen-bond acceptors (Lipinski definition) is 7. The van der Waals surface area contributed by atoms with Crippen molar-refractivity contribution in [3.8, 4) is 11.8 Å². The van der Waals surface area contributed by atoms with Gasteiger partial charge in [0.25, 0.3) is 5.75 Å². The van der Waals surface area contributed by atoms with E-state index in [1.807, 2.05) is 0 Å². The number of anilines is 1. The minimum atomic E-state index is -0.869. The van der Waals surface area contributed by atoms with Crippen molar-refractivity contribution >= 4 is 23.0 Å². The van der Waals surface area contributed by atoms with Crippen LogP contribution in [0, 0.1) is 31.6 Å². The Morgan fingerprint density at radius 1 is 1.35 bits per heavy atom. The molecule has 1 rings (SSSR count). The van der Waals surface area contributed by atoms with Crippen LogP contribution in [0.15, 0.2) is 12.1 Å². The molecule has 0 radical (unpaired) electrons. The van der Waals surface area contributed by atoms with Crippen LogP contribution in [0.25, 0.3) is 0 Å². The highest BCUT2D eigenvalue weighted by Crippen LogP contribution is 2.39. The van der Waals surface area contributed by atoms with Crippen molar-refractivity contribution in [3.63, 3.8) is 0 Å². The summed E-state index contributed by atoms with van der Waals surface area (Å²) in [5.41, 5.74) is -1.48. The van der Waals surface area contributed by atoms with Gasteiger partial charge in [-0.25, -0.2) is 0 Å². The number of amides is 1. The summed E-state index contributed by atoms with van der Waals surface area (Å²) in [6.07, 6.45) is -0.479. The molecule has 1 aromatic carbocycles. The monoisotopic (exact) mass is 280 g/mol. The predicted octanol–water partition coefficient (Wildman–Crippen LogP) is 1.36. The van der Waals surface area contributed by atoms with E-state index >= 15 is 0 Å². The summed E-state index contributed by atoms with van der Waals surface area (Å²) in [6, 6.07) is 3.42. The second-order valence-corrected chi connectivity index (χ2v) is 3.45. The number of nitro groups is 2. The van der Waals surface area contributed by atoms with Crippen molar-refractivity contribution in [3.05, 3.63) is 32.4 Å². The standard InChI is InChI=1S/C10H8N4O6/c1-20-10-7(13(16)17)4-6(5-8(10)14(18)19)12-9(15)2-3-11/h4-5H,2H2,1H3,(H,12,15). The third-order valence-corrected chi connectivity index (χ3v) is 2.17. The van der Waals surface area contributed by atoms with Crippen molar-refractivity contribution in [1.29, 1.82) is 5.26 Å². The summed E-state index contributed by atoms with van der Waals surface area (Å²) in [6.45, 7) is 0. The molecule has 0 spiro atoms.